The van der Waals surface area contributed by atoms with E-state index in [1.165, 1.54) is 11.1 Å². The second-order valence-electron chi connectivity index (χ2n) is 4.76. The van der Waals surface area contributed by atoms with Gasteiger partial charge in [-0.05, 0) is 23.3 Å². The molecule has 3 nitrogen and oxygen atoms in total. The lowest BCUT2D eigenvalue weighted by molar-refractivity contribution is -0.165. The predicted octanol–water partition coefficient (Wildman–Crippen LogP) is 3.06. The Balaban J connectivity index is 1.86. The normalized spacial score (nSPS) is 12.6. The van der Waals surface area contributed by atoms with Crippen molar-refractivity contribution in [2.24, 2.45) is 0 Å². The van der Waals surface area contributed by atoms with Crippen molar-refractivity contribution in [3.63, 3.8) is 0 Å². The Morgan fingerprint density at radius 2 is 1.81 bits per heavy atom. The van der Waals surface area contributed by atoms with E-state index in [4.69, 9.17) is 4.84 Å². The molecule has 2 aromatic rings. The van der Waals surface area contributed by atoms with Crippen molar-refractivity contribution in [3.8, 4) is 0 Å². The Morgan fingerprint density at radius 3 is 2.48 bits per heavy atom. The first-order chi connectivity index (χ1) is 10.1. The molecule has 0 fully saturated rings. The molecule has 1 atom stereocenters. The number of hydrogen-bond acceptors (Lipinski definition) is 3. The quantitative estimate of drug-likeness (QED) is 0.831. The Labute approximate surface area is 122 Å². The molecule has 0 aliphatic rings. The molecule has 1 N–H and O–H groups in total. The molecule has 0 radical (unpaired) electrons. The van der Waals surface area contributed by atoms with Gasteiger partial charge in [0.25, 0.3) is 0 Å². The van der Waals surface area contributed by atoms with E-state index in [2.05, 4.69) is 0 Å². The first-order valence-electron chi connectivity index (χ1n) is 6.57. The van der Waals surface area contributed by atoms with E-state index in [1.54, 1.807) is 7.05 Å². The van der Waals surface area contributed by atoms with Gasteiger partial charge < -0.3 is 5.11 Å². The van der Waals surface area contributed by atoms with E-state index >= 15 is 0 Å². The fourth-order valence-electron chi connectivity index (χ4n) is 1.88. The number of likely N-dealkylation sites (N-methyl/N-ethyl adjacent to an activating group) is 1. The average Bonchev–Trinajstić information content (AvgIpc) is 2.49. The highest BCUT2D eigenvalue weighted by atomic mass is 19.2. The molecule has 2 rings (SSSR count). The van der Waals surface area contributed by atoms with Crippen LogP contribution in [0.3, 0.4) is 0 Å². The average molecular weight is 293 g/mol. The number of nitrogens with zero attached hydrogens (tertiary/aromatic N) is 1. The second-order valence-corrected chi connectivity index (χ2v) is 4.76. The fourth-order valence-corrected chi connectivity index (χ4v) is 1.88. The van der Waals surface area contributed by atoms with Crippen LogP contribution in [0.25, 0.3) is 0 Å². The molecule has 21 heavy (non-hydrogen) atoms. The highest BCUT2D eigenvalue weighted by molar-refractivity contribution is 5.20. The Bertz CT molecular complexity index is 578. The molecule has 0 aliphatic carbocycles. The third-order valence-electron chi connectivity index (χ3n) is 3.05. The minimum absolute atomic E-state index is 0.151. The third-order valence-corrected chi connectivity index (χ3v) is 3.05. The van der Waals surface area contributed by atoms with Crippen molar-refractivity contribution in [1.82, 2.24) is 5.06 Å². The van der Waals surface area contributed by atoms with Gasteiger partial charge in [0.15, 0.2) is 11.6 Å². The molecule has 0 aromatic heterocycles. The topological polar surface area (TPSA) is 32.7 Å². The summed E-state index contributed by atoms with van der Waals surface area (Å²) in [4.78, 5) is 5.48. The predicted molar refractivity (Wildman–Crippen MR) is 75.2 cm³/mol. The van der Waals surface area contributed by atoms with Crippen molar-refractivity contribution in [2.45, 2.75) is 12.7 Å². The number of rotatable bonds is 6. The minimum Gasteiger partial charge on any atom is -0.387 e. The Kier molecular flexibility index (Phi) is 5.38. The molecule has 0 saturated carbocycles. The number of hydrogen-bond donors (Lipinski definition) is 1. The molecule has 0 heterocycles. The van der Waals surface area contributed by atoms with Crippen LogP contribution in [0.1, 0.15) is 17.2 Å². The van der Waals surface area contributed by atoms with Crippen LogP contribution in [0.4, 0.5) is 8.78 Å². The zero-order chi connectivity index (χ0) is 15.2. The smallest absolute Gasteiger partial charge is 0.159 e. The van der Waals surface area contributed by atoms with Gasteiger partial charge in [-0.3, -0.25) is 4.84 Å². The van der Waals surface area contributed by atoms with Crippen LogP contribution in [-0.4, -0.2) is 23.8 Å². The summed E-state index contributed by atoms with van der Waals surface area (Å²) < 4.78 is 26.0. The molecule has 112 valence electrons. The molecule has 0 aliphatic heterocycles. The maximum Gasteiger partial charge on any atom is 0.159 e. The summed E-state index contributed by atoms with van der Waals surface area (Å²) >= 11 is 0. The summed E-state index contributed by atoms with van der Waals surface area (Å²) in [6.45, 7) is 0.528. The molecule has 2 aromatic carbocycles. The first kappa shape index (κ1) is 15.6. The van der Waals surface area contributed by atoms with Gasteiger partial charge in [0.05, 0.1) is 19.3 Å². The van der Waals surface area contributed by atoms with Crippen LogP contribution in [0, 0.1) is 11.6 Å². The summed E-state index contributed by atoms with van der Waals surface area (Å²) in [5.74, 6) is -1.90. The number of aliphatic hydroxyl groups is 1. The first-order valence-corrected chi connectivity index (χ1v) is 6.57. The fraction of sp³-hybridized carbons (Fsp3) is 0.250. The molecule has 1 unspecified atom stereocenters. The summed E-state index contributed by atoms with van der Waals surface area (Å²) in [6.07, 6.45) is -0.958. The van der Waals surface area contributed by atoms with Crippen LogP contribution in [-0.2, 0) is 11.4 Å². The Hall–Kier alpha value is -1.82. The van der Waals surface area contributed by atoms with Crippen molar-refractivity contribution < 1.29 is 18.7 Å². The Morgan fingerprint density at radius 1 is 1.10 bits per heavy atom. The summed E-state index contributed by atoms with van der Waals surface area (Å²) in [7, 11) is 1.67. The summed E-state index contributed by atoms with van der Waals surface area (Å²) in [5.41, 5.74) is 1.32. The van der Waals surface area contributed by atoms with E-state index in [-0.39, 0.29) is 6.54 Å². The maximum absolute atomic E-state index is 13.1. The number of benzene rings is 2. The van der Waals surface area contributed by atoms with Gasteiger partial charge in [0, 0.05) is 7.05 Å². The number of halogens is 2. The second kappa shape index (κ2) is 7.26. The number of aliphatic hydroxyl groups excluding tert-OH is 1. The lowest BCUT2D eigenvalue weighted by Crippen LogP contribution is -2.25. The highest BCUT2D eigenvalue weighted by Gasteiger charge is 2.13. The van der Waals surface area contributed by atoms with Gasteiger partial charge in [-0.2, -0.15) is 5.06 Å². The SMILES string of the molecule is CN(CC(O)c1ccc(F)c(F)c1)OCc1ccccc1. The van der Waals surface area contributed by atoms with E-state index in [9.17, 15) is 13.9 Å². The molecule has 0 bridgehead atoms. The molecule has 0 amide bonds. The van der Waals surface area contributed by atoms with E-state index < -0.39 is 17.7 Å². The number of hydroxylamine groups is 2. The van der Waals surface area contributed by atoms with Crippen molar-refractivity contribution in [1.29, 1.82) is 0 Å². The molecular weight excluding hydrogens is 276 g/mol. The highest BCUT2D eigenvalue weighted by Crippen LogP contribution is 2.17. The van der Waals surface area contributed by atoms with Gasteiger partial charge in [-0.15, -0.1) is 0 Å². The minimum atomic E-state index is -0.973. The van der Waals surface area contributed by atoms with Crippen molar-refractivity contribution >= 4 is 0 Å². The van der Waals surface area contributed by atoms with Crippen molar-refractivity contribution in [2.75, 3.05) is 13.6 Å². The molecule has 5 heteroatoms. The van der Waals surface area contributed by atoms with Gasteiger partial charge in [0.1, 0.15) is 0 Å². The van der Waals surface area contributed by atoms with E-state index in [0.717, 1.165) is 17.7 Å². The zero-order valence-electron chi connectivity index (χ0n) is 11.7. The van der Waals surface area contributed by atoms with E-state index in [0.29, 0.717) is 12.2 Å². The van der Waals surface area contributed by atoms with Crippen LogP contribution >= 0.6 is 0 Å². The molecule has 0 spiro atoms. The van der Waals surface area contributed by atoms with Gasteiger partial charge in [0.2, 0.25) is 0 Å². The zero-order valence-corrected chi connectivity index (χ0v) is 11.7. The van der Waals surface area contributed by atoms with E-state index in [1.807, 2.05) is 30.3 Å². The van der Waals surface area contributed by atoms with Crippen molar-refractivity contribution in [3.05, 3.63) is 71.3 Å². The largest absolute Gasteiger partial charge is 0.387 e. The summed E-state index contributed by atoms with van der Waals surface area (Å²) in [6, 6.07) is 12.9. The molecule has 0 saturated heterocycles. The third kappa shape index (κ3) is 4.60. The molecular formula is C16H17F2NO2. The standard InChI is InChI=1S/C16H17F2NO2/c1-19(21-11-12-5-3-2-4-6-12)10-16(20)13-7-8-14(17)15(18)9-13/h2-9,16,20H,10-11H2,1H3. The van der Waals surface area contributed by atoms with Crippen LogP contribution < -0.4 is 0 Å². The maximum atomic E-state index is 13.1. The monoisotopic (exact) mass is 293 g/mol. The van der Waals surface area contributed by atoms with Crippen LogP contribution in [0.5, 0.6) is 0 Å². The van der Waals surface area contributed by atoms with Crippen LogP contribution in [0.15, 0.2) is 48.5 Å². The van der Waals surface area contributed by atoms with Crippen LogP contribution in [0.2, 0.25) is 0 Å². The lowest BCUT2D eigenvalue weighted by atomic mass is 10.1. The van der Waals surface area contributed by atoms with Gasteiger partial charge >= 0.3 is 0 Å². The van der Waals surface area contributed by atoms with Gasteiger partial charge in [-0.25, -0.2) is 8.78 Å². The van der Waals surface area contributed by atoms with Gasteiger partial charge in [-0.1, -0.05) is 36.4 Å². The lowest BCUT2D eigenvalue weighted by Gasteiger charge is -2.20. The summed E-state index contributed by atoms with van der Waals surface area (Å²) in [5, 5.41) is 11.5.